The summed E-state index contributed by atoms with van der Waals surface area (Å²) in [7, 11) is 0. The third kappa shape index (κ3) is 2.92. The first-order chi connectivity index (χ1) is 8.86. The molecule has 0 aromatic heterocycles. The fourth-order valence-electron chi connectivity index (χ4n) is 2.93. The molecule has 1 aromatic carbocycles. The van der Waals surface area contributed by atoms with Crippen molar-refractivity contribution in [1.29, 1.82) is 0 Å². The van der Waals surface area contributed by atoms with Gasteiger partial charge in [0.15, 0.2) is 0 Å². The van der Waals surface area contributed by atoms with E-state index in [1.807, 2.05) is 11.8 Å². The lowest BCUT2D eigenvalue weighted by atomic mass is 10.0. The van der Waals surface area contributed by atoms with E-state index in [9.17, 15) is 0 Å². The first kappa shape index (κ1) is 12.6. The summed E-state index contributed by atoms with van der Waals surface area (Å²) < 4.78 is 0. The van der Waals surface area contributed by atoms with Crippen LogP contribution >= 0.6 is 11.8 Å². The van der Waals surface area contributed by atoms with Gasteiger partial charge in [0.2, 0.25) is 0 Å². The summed E-state index contributed by atoms with van der Waals surface area (Å²) in [6, 6.07) is 8.98. The second kappa shape index (κ2) is 5.66. The van der Waals surface area contributed by atoms with Crippen molar-refractivity contribution >= 4 is 11.8 Å². The van der Waals surface area contributed by atoms with Crippen molar-refractivity contribution in [2.75, 3.05) is 25.4 Å². The third-order valence-corrected chi connectivity index (χ3v) is 5.28. The van der Waals surface area contributed by atoms with E-state index in [0.29, 0.717) is 0 Å². The number of benzene rings is 1. The minimum absolute atomic E-state index is 0.761. The van der Waals surface area contributed by atoms with Crippen LogP contribution in [0.5, 0.6) is 0 Å². The lowest BCUT2D eigenvalue weighted by Gasteiger charge is -2.25. The zero-order valence-corrected chi connectivity index (χ0v) is 12.1. The average Bonchev–Trinajstić information content (AvgIpc) is 3.11. The van der Waals surface area contributed by atoms with Crippen LogP contribution in [0.3, 0.4) is 0 Å². The molecule has 0 spiro atoms. The molecule has 1 nitrogen and oxygen atoms in total. The van der Waals surface area contributed by atoms with Crippen molar-refractivity contribution in [2.24, 2.45) is 5.92 Å². The van der Waals surface area contributed by atoms with E-state index in [2.05, 4.69) is 36.1 Å². The highest BCUT2D eigenvalue weighted by molar-refractivity contribution is 7.99. The normalized spacial score (nSPS) is 22.4. The molecule has 1 aromatic rings. The molecular formula is C16H23NS. The number of hydrogen-bond donors (Lipinski definition) is 0. The summed E-state index contributed by atoms with van der Waals surface area (Å²) in [5, 5.41) is 0. The van der Waals surface area contributed by atoms with Crippen LogP contribution in [-0.2, 0) is 0 Å². The predicted molar refractivity (Wildman–Crippen MR) is 79.4 cm³/mol. The van der Waals surface area contributed by atoms with Crippen molar-refractivity contribution < 1.29 is 0 Å². The molecule has 1 saturated carbocycles. The summed E-state index contributed by atoms with van der Waals surface area (Å²) in [5.74, 6) is 3.06. The second-order valence-corrected chi connectivity index (χ2v) is 6.81. The first-order valence-electron chi connectivity index (χ1n) is 7.31. The quantitative estimate of drug-likeness (QED) is 0.761. The molecule has 0 amide bonds. The molecule has 1 atom stereocenters. The fourth-order valence-corrected chi connectivity index (χ4v) is 4.17. The van der Waals surface area contributed by atoms with Crippen molar-refractivity contribution in [3.05, 3.63) is 29.8 Å². The molecule has 18 heavy (non-hydrogen) atoms. The standard InChI is InChI=1S/C16H23NS/c1-2-9-17(10-13-7-8-13)11-14-12-18-16-6-4-3-5-15(14)16/h3-6,13-14H,2,7-12H2,1H3. The molecule has 0 radical (unpaired) electrons. The molecule has 98 valence electrons. The Hall–Kier alpha value is -0.470. The Balaban J connectivity index is 1.64. The van der Waals surface area contributed by atoms with E-state index in [0.717, 1.165) is 11.8 Å². The summed E-state index contributed by atoms with van der Waals surface area (Å²) >= 11 is 2.04. The van der Waals surface area contributed by atoms with Gasteiger partial charge in [-0.05, 0) is 43.4 Å². The van der Waals surface area contributed by atoms with Crippen LogP contribution in [0, 0.1) is 5.92 Å². The van der Waals surface area contributed by atoms with Gasteiger partial charge in [-0.1, -0.05) is 25.1 Å². The van der Waals surface area contributed by atoms with Gasteiger partial charge in [-0.3, -0.25) is 0 Å². The number of rotatable bonds is 6. The zero-order chi connectivity index (χ0) is 12.4. The lowest BCUT2D eigenvalue weighted by Crippen LogP contribution is -2.31. The average molecular weight is 261 g/mol. The molecule has 1 heterocycles. The highest BCUT2D eigenvalue weighted by atomic mass is 32.2. The van der Waals surface area contributed by atoms with Crippen LogP contribution in [0.1, 0.15) is 37.7 Å². The van der Waals surface area contributed by atoms with Crippen LogP contribution in [0.4, 0.5) is 0 Å². The maximum absolute atomic E-state index is 2.71. The fraction of sp³-hybridized carbons (Fsp3) is 0.625. The van der Waals surface area contributed by atoms with Crippen molar-refractivity contribution in [2.45, 2.75) is 37.0 Å². The number of hydrogen-bond acceptors (Lipinski definition) is 2. The first-order valence-corrected chi connectivity index (χ1v) is 8.29. The molecule has 1 unspecified atom stereocenters. The van der Waals surface area contributed by atoms with Crippen LogP contribution in [0.25, 0.3) is 0 Å². The zero-order valence-electron chi connectivity index (χ0n) is 11.3. The van der Waals surface area contributed by atoms with Crippen molar-refractivity contribution in [3.8, 4) is 0 Å². The Kier molecular flexibility index (Phi) is 3.95. The van der Waals surface area contributed by atoms with Crippen LogP contribution in [0.2, 0.25) is 0 Å². The summed E-state index contributed by atoms with van der Waals surface area (Å²) in [6.07, 6.45) is 4.22. The smallest absolute Gasteiger partial charge is 0.0108 e. The summed E-state index contributed by atoms with van der Waals surface area (Å²) in [4.78, 5) is 4.23. The minimum Gasteiger partial charge on any atom is -0.302 e. The Morgan fingerprint density at radius 1 is 1.22 bits per heavy atom. The maximum Gasteiger partial charge on any atom is 0.0108 e. The SMILES string of the molecule is CCCN(CC1CC1)CC1CSc2ccccc21. The Morgan fingerprint density at radius 3 is 2.83 bits per heavy atom. The van der Waals surface area contributed by atoms with Gasteiger partial charge < -0.3 is 4.90 Å². The molecule has 1 aliphatic heterocycles. The molecule has 0 N–H and O–H groups in total. The molecular weight excluding hydrogens is 238 g/mol. The molecule has 0 bridgehead atoms. The highest BCUT2D eigenvalue weighted by Crippen LogP contribution is 2.40. The van der Waals surface area contributed by atoms with Gasteiger partial charge in [0, 0.05) is 29.7 Å². The van der Waals surface area contributed by atoms with Gasteiger partial charge in [0.25, 0.3) is 0 Å². The highest BCUT2D eigenvalue weighted by Gasteiger charge is 2.28. The Morgan fingerprint density at radius 2 is 2.06 bits per heavy atom. The Labute approximate surface area is 115 Å². The second-order valence-electron chi connectivity index (χ2n) is 5.75. The van der Waals surface area contributed by atoms with Gasteiger partial charge in [0.05, 0.1) is 0 Å². The van der Waals surface area contributed by atoms with Gasteiger partial charge in [-0.2, -0.15) is 0 Å². The monoisotopic (exact) mass is 261 g/mol. The summed E-state index contributed by atoms with van der Waals surface area (Å²) in [5.41, 5.74) is 1.60. The molecule has 0 saturated heterocycles. The van der Waals surface area contributed by atoms with Crippen LogP contribution in [-0.4, -0.2) is 30.3 Å². The van der Waals surface area contributed by atoms with E-state index in [1.165, 1.54) is 49.5 Å². The van der Waals surface area contributed by atoms with E-state index < -0.39 is 0 Å². The maximum atomic E-state index is 2.71. The van der Waals surface area contributed by atoms with Gasteiger partial charge >= 0.3 is 0 Å². The third-order valence-electron chi connectivity index (χ3n) is 4.03. The predicted octanol–water partition coefficient (Wildman–Crippen LogP) is 4.00. The van der Waals surface area contributed by atoms with E-state index >= 15 is 0 Å². The minimum atomic E-state index is 0.761. The molecule has 2 aliphatic rings. The van der Waals surface area contributed by atoms with Crippen molar-refractivity contribution in [1.82, 2.24) is 4.90 Å². The van der Waals surface area contributed by atoms with Crippen LogP contribution in [0.15, 0.2) is 29.2 Å². The number of fused-ring (bicyclic) bond motifs is 1. The lowest BCUT2D eigenvalue weighted by molar-refractivity contribution is 0.252. The van der Waals surface area contributed by atoms with Crippen molar-refractivity contribution in [3.63, 3.8) is 0 Å². The molecule has 1 fully saturated rings. The van der Waals surface area contributed by atoms with Gasteiger partial charge in [-0.15, -0.1) is 11.8 Å². The number of nitrogens with zero attached hydrogens (tertiary/aromatic N) is 1. The summed E-state index contributed by atoms with van der Waals surface area (Å²) in [6.45, 7) is 6.20. The molecule has 3 rings (SSSR count). The van der Waals surface area contributed by atoms with E-state index in [-0.39, 0.29) is 0 Å². The largest absolute Gasteiger partial charge is 0.302 e. The van der Waals surface area contributed by atoms with Gasteiger partial charge in [-0.25, -0.2) is 0 Å². The van der Waals surface area contributed by atoms with Crippen LogP contribution < -0.4 is 0 Å². The van der Waals surface area contributed by atoms with E-state index in [4.69, 9.17) is 0 Å². The van der Waals surface area contributed by atoms with E-state index in [1.54, 1.807) is 5.56 Å². The number of thioether (sulfide) groups is 1. The van der Waals surface area contributed by atoms with Gasteiger partial charge in [0.1, 0.15) is 0 Å². The molecule has 1 aliphatic carbocycles. The topological polar surface area (TPSA) is 3.24 Å². The Bertz CT molecular complexity index is 400. The molecule has 2 heteroatoms.